The smallest absolute Gasteiger partial charge is 0.263 e. The molecule has 1 aliphatic heterocycles. The molecular formula is C12H15N5O. The van der Waals surface area contributed by atoms with Crippen molar-refractivity contribution in [2.24, 2.45) is 13.0 Å². The first-order valence-electron chi connectivity index (χ1n) is 6.43. The molecule has 2 atom stereocenters. The van der Waals surface area contributed by atoms with Gasteiger partial charge in [-0.2, -0.15) is 10.1 Å². The van der Waals surface area contributed by atoms with E-state index < -0.39 is 0 Å². The number of fused-ring (bicyclic) bond motifs is 2. The summed E-state index contributed by atoms with van der Waals surface area (Å²) in [5.74, 6) is 1.52. The van der Waals surface area contributed by atoms with Crippen LogP contribution in [0.2, 0.25) is 0 Å². The predicted octanol–water partition coefficient (Wildman–Crippen LogP) is 0.645. The number of rotatable bonds is 1. The fourth-order valence-electron chi connectivity index (χ4n) is 3.03. The summed E-state index contributed by atoms with van der Waals surface area (Å²) in [7, 11) is 1.81. The van der Waals surface area contributed by atoms with Crippen molar-refractivity contribution < 1.29 is 0 Å². The molecule has 94 valence electrons. The molecule has 6 nitrogen and oxygen atoms in total. The van der Waals surface area contributed by atoms with Crippen LogP contribution in [0.4, 0.5) is 5.95 Å². The number of nitrogens with one attached hydrogen (secondary N) is 1. The lowest BCUT2D eigenvalue weighted by Crippen LogP contribution is -2.34. The Labute approximate surface area is 104 Å². The average Bonchev–Trinajstić information content (AvgIpc) is 3.07. The van der Waals surface area contributed by atoms with Crippen LogP contribution >= 0.6 is 0 Å². The van der Waals surface area contributed by atoms with Gasteiger partial charge >= 0.3 is 0 Å². The molecule has 1 saturated carbocycles. The number of hydrogen-bond donors (Lipinski definition) is 1. The van der Waals surface area contributed by atoms with Gasteiger partial charge in [-0.05, 0) is 25.2 Å². The fraction of sp³-hybridized carbons (Fsp3) is 0.583. The Morgan fingerprint density at radius 3 is 3.28 bits per heavy atom. The Kier molecular flexibility index (Phi) is 1.87. The third kappa shape index (κ3) is 1.31. The van der Waals surface area contributed by atoms with Gasteiger partial charge in [-0.1, -0.05) is 0 Å². The molecule has 1 saturated heterocycles. The van der Waals surface area contributed by atoms with Crippen molar-refractivity contribution in [2.45, 2.75) is 25.3 Å². The van der Waals surface area contributed by atoms with E-state index in [1.165, 1.54) is 19.3 Å². The first-order valence-corrected chi connectivity index (χ1v) is 6.43. The number of aromatic amines is 1. The van der Waals surface area contributed by atoms with Gasteiger partial charge in [0, 0.05) is 19.6 Å². The molecule has 0 spiro atoms. The molecule has 2 aliphatic rings. The summed E-state index contributed by atoms with van der Waals surface area (Å²) in [5, 5.41) is 4.65. The first kappa shape index (κ1) is 10.1. The molecule has 3 heterocycles. The minimum atomic E-state index is -0.0918. The lowest BCUT2D eigenvalue weighted by molar-refractivity contribution is 0.550. The Hall–Kier alpha value is -1.85. The summed E-state index contributed by atoms with van der Waals surface area (Å²) in [6, 6.07) is 0.590. The normalized spacial score (nSPS) is 26.4. The number of nitrogens with zero attached hydrogens (tertiary/aromatic N) is 4. The van der Waals surface area contributed by atoms with Crippen LogP contribution in [0.25, 0.3) is 11.0 Å². The summed E-state index contributed by atoms with van der Waals surface area (Å²) in [4.78, 5) is 21.7. The lowest BCUT2D eigenvalue weighted by Gasteiger charge is -2.26. The summed E-state index contributed by atoms with van der Waals surface area (Å²) in [6.07, 6.45) is 5.32. The zero-order valence-electron chi connectivity index (χ0n) is 10.3. The number of piperidine rings is 1. The molecule has 0 amide bonds. The van der Waals surface area contributed by atoms with Crippen molar-refractivity contribution in [1.82, 2.24) is 19.7 Å². The van der Waals surface area contributed by atoms with E-state index >= 15 is 0 Å². The maximum atomic E-state index is 12.0. The second-order valence-electron chi connectivity index (χ2n) is 5.29. The molecule has 0 bridgehead atoms. The van der Waals surface area contributed by atoms with Crippen LogP contribution < -0.4 is 10.5 Å². The van der Waals surface area contributed by atoms with Gasteiger partial charge < -0.3 is 4.90 Å². The van der Waals surface area contributed by atoms with Crippen LogP contribution in [-0.2, 0) is 7.05 Å². The molecular weight excluding hydrogens is 230 g/mol. The highest BCUT2D eigenvalue weighted by atomic mass is 16.1. The number of aromatic nitrogens is 4. The second kappa shape index (κ2) is 3.34. The van der Waals surface area contributed by atoms with Crippen LogP contribution in [0.15, 0.2) is 11.0 Å². The van der Waals surface area contributed by atoms with Gasteiger partial charge in [0.25, 0.3) is 5.56 Å². The molecule has 6 heteroatoms. The maximum absolute atomic E-state index is 12.0. The highest BCUT2D eigenvalue weighted by Gasteiger charge is 2.45. The topological polar surface area (TPSA) is 66.8 Å². The Morgan fingerprint density at radius 1 is 1.50 bits per heavy atom. The van der Waals surface area contributed by atoms with Gasteiger partial charge in [0.2, 0.25) is 5.95 Å². The number of aryl methyl sites for hydroxylation is 1. The fourth-order valence-corrected chi connectivity index (χ4v) is 3.03. The van der Waals surface area contributed by atoms with E-state index in [2.05, 4.69) is 20.0 Å². The largest absolute Gasteiger partial charge is 0.339 e. The minimum Gasteiger partial charge on any atom is -0.339 e. The molecule has 1 aliphatic carbocycles. The average molecular weight is 245 g/mol. The molecule has 4 rings (SSSR count). The van der Waals surface area contributed by atoms with Gasteiger partial charge in [-0.15, -0.1) is 0 Å². The van der Waals surface area contributed by atoms with E-state index in [-0.39, 0.29) is 5.56 Å². The maximum Gasteiger partial charge on any atom is 0.263 e. The molecule has 1 N–H and O–H groups in total. The zero-order chi connectivity index (χ0) is 12.3. The van der Waals surface area contributed by atoms with E-state index in [4.69, 9.17) is 0 Å². The number of hydrogen-bond acceptors (Lipinski definition) is 4. The van der Waals surface area contributed by atoms with Crippen LogP contribution in [0.5, 0.6) is 0 Å². The Bertz CT molecular complexity index is 673. The van der Waals surface area contributed by atoms with Crippen molar-refractivity contribution in [2.75, 3.05) is 11.4 Å². The van der Waals surface area contributed by atoms with Crippen LogP contribution in [0.1, 0.15) is 19.3 Å². The molecule has 0 aromatic carbocycles. The van der Waals surface area contributed by atoms with Gasteiger partial charge in [-0.3, -0.25) is 14.5 Å². The van der Waals surface area contributed by atoms with Crippen LogP contribution in [-0.4, -0.2) is 32.3 Å². The predicted molar refractivity (Wildman–Crippen MR) is 67.6 cm³/mol. The van der Waals surface area contributed by atoms with E-state index in [1.54, 1.807) is 10.9 Å². The summed E-state index contributed by atoms with van der Waals surface area (Å²) in [5.41, 5.74) is 0.572. The van der Waals surface area contributed by atoms with Gasteiger partial charge in [0.15, 0.2) is 5.65 Å². The highest BCUT2D eigenvalue weighted by Crippen LogP contribution is 2.44. The molecule has 0 radical (unpaired) electrons. The number of H-pyrrole nitrogens is 1. The lowest BCUT2D eigenvalue weighted by atomic mass is 10.1. The third-order valence-electron chi connectivity index (χ3n) is 4.12. The van der Waals surface area contributed by atoms with E-state index in [1.807, 2.05) is 7.05 Å². The third-order valence-corrected chi connectivity index (χ3v) is 4.12. The van der Waals surface area contributed by atoms with E-state index in [0.29, 0.717) is 23.0 Å². The SMILES string of the molecule is Cn1ncc2c(=O)[nH]c(N3CCC[C@H]4C[C@@H]43)nc21. The van der Waals surface area contributed by atoms with Crippen molar-refractivity contribution in [3.8, 4) is 0 Å². The molecule has 2 aromatic rings. The van der Waals surface area contributed by atoms with Crippen LogP contribution in [0.3, 0.4) is 0 Å². The minimum absolute atomic E-state index is 0.0918. The summed E-state index contributed by atoms with van der Waals surface area (Å²) >= 11 is 0. The highest BCUT2D eigenvalue weighted by molar-refractivity contribution is 5.74. The molecule has 2 fully saturated rings. The monoisotopic (exact) mass is 245 g/mol. The summed E-state index contributed by atoms with van der Waals surface area (Å²) in [6.45, 7) is 0.994. The molecule has 0 unspecified atom stereocenters. The van der Waals surface area contributed by atoms with Gasteiger partial charge in [0.05, 0.1) is 6.20 Å². The Balaban J connectivity index is 1.85. The van der Waals surface area contributed by atoms with Crippen molar-refractivity contribution in [3.63, 3.8) is 0 Å². The van der Waals surface area contributed by atoms with E-state index in [9.17, 15) is 4.79 Å². The van der Waals surface area contributed by atoms with Crippen molar-refractivity contribution in [1.29, 1.82) is 0 Å². The summed E-state index contributed by atoms with van der Waals surface area (Å²) < 4.78 is 1.66. The van der Waals surface area contributed by atoms with E-state index in [0.717, 1.165) is 12.5 Å². The van der Waals surface area contributed by atoms with Crippen molar-refractivity contribution >= 4 is 17.0 Å². The molecule has 2 aromatic heterocycles. The zero-order valence-corrected chi connectivity index (χ0v) is 10.3. The quantitative estimate of drug-likeness (QED) is 0.801. The van der Waals surface area contributed by atoms with Crippen molar-refractivity contribution in [3.05, 3.63) is 16.6 Å². The Morgan fingerprint density at radius 2 is 2.39 bits per heavy atom. The van der Waals surface area contributed by atoms with Gasteiger partial charge in [0.1, 0.15) is 5.39 Å². The van der Waals surface area contributed by atoms with Crippen LogP contribution in [0, 0.1) is 5.92 Å². The second-order valence-corrected chi connectivity index (χ2v) is 5.29. The first-order chi connectivity index (χ1) is 8.74. The molecule has 18 heavy (non-hydrogen) atoms. The standard InChI is InChI=1S/C12H15N5O/c1-16-10-8(6-13-16)11(18)15-12(14-10)17-4-2-3-7-5-9(7)17/h6-7,9H,2-5H2,1H3,(H,14,15,18)/t7-,9-/m0/s1. The number of anilines is 1. The van der Waals surface area contributed by atoms with Gasteiger partial charge in [-0.25, -0.2) is 0 Å².